The monoisotopic (exact) mass is 428 g/mol. The summed E-state index contributed by atoms with van der Waals surface area (Å²) in [5.41, 5.74) is 2.43. The van der Waals surface area contributed by atoms with E-state index in [1.54, 1.807) is 73.7 Å². The molecule has 3 aromatic rings. The van der Waals surface area contributed by atoms with Crippen molar-refractivity contribution in [3.8, 4) is 0 Å². The van der Waals surface area contributed by atoms with Crippen molar-refractivity contribution in [3.63, 3.8) is 0 Å². The van der Waals surface area contributed by atoms with Crippen molar-refractivity contribution < 1.29 is 13.2 Å². The first-order chi connectivity index (χ1) is 13.8. The summed E-state index contributed by atoms with van der Waals surface area (Å²) in [6.45, 7) is 3.92. The Kier molecular flexibility index (Phi) is 6.25. The van der Waals surface area contributed by atoms with Gasteiger partial charge in [-0.1, -0.05) is 35.9 Å². The van der Waals surface area contributed by atoms with Gasteiger partial charge in [0.05, 0.1) is 10.6 Å². The predicted octanol–water partition coefficient (Wildman–Crippen LogP) is 5.12. The topological polar surface area (TPSA) is 66.5 Å². The number of hydrogen-bond acceptors (Lipinski definition) is 3. The molecule has 0 spiro atoms. The van der Waals surface area contributed by atoms with Crippen LogP contribution in [-0.4, -0.2) is 20.9 Å². The third-order valence-electron chi connectivity index (χ3n) is 4.47. The average Bonchev–Trinajstić information content (AvgIpc) is 2.72. The van der Waals surface area contributed by atoms with Gasteiger partial charge in [-0.05, 0) is 67.9 Å². The van der Waals surface area contributed by atoms with Crippen LogP contribution in [0.4, 0.5) is 11.4 Å². The van der Waals surface area contributed by atoms with Crippen molar-refractivity contribution in [1.82, 2.24) is 0 Å². The van der Waals surface area contributed by atoms with Gasteiger partial charge in [-0.3, -0.25) is 9.10 Å². The molecule has 1 amide bonds. The molecule has 0 radical (unpaired) electrons. The van der Waals surface area contributed by atoms with Gasteiger partial charge in [-0.2, -0.15) is 0 Å². The maximum absolute atomic E-state index is 12.9. The van der Waals surface area contributed by atoms with Crippen LogP contribution in [0.15, 0.2) is 77.7 Å². The molecule has 150 valence electrons. The molecular weight excluding hydrogens is 408 g/mol. The van der Waals surface area contributed by atoms with Crippen molar-refractivity contribution in [2.45, 2.75) is 18.7 Å². The molecule has 0 aliphatic carbocycles. The highest BCUT2D eigenvalue weighted by Crippen LogP contribution is 2.25. The number of halogens is 1. The summed E-state index contributed by atoms with van der Waals surface area (Å²) < 4.78 is 27.1. The van der Waals surface area contributed by atoms with Gasteiger partial charge in [-0.25, -0.2) is 8.42 Å². The summed E-state index contributed by atoms with van der Waals surface area (Å²) in [5, 5.41) is 3.36. The first-order valence-corrected chi connectivity index (χ1v) is 10.9. The number of rotatable bonds is 6. The zero-order valence-electron chi connectivity index (χ0n) is 16.1. The molecule has 0 unspecified atom stereocenters. The fourth-order valence-electron chi connectivity index (χ4n) is 2.86. The van der Waals surface area contributed by atoms with Gasteiger partial charge < -0.3 is 5.32 Å². The van der Waals surface area contributed by atoms with Crippen molar-refractivity contribution >= 4 is 38.9 Å². The number of hydrogen-bond donors (Lipinski definition) is 1. The molecule has 0 saturated heterocycles. The summed E-state index contributed by atoms with van der Waals surface area (Å²) in [5.74, 6) is -0.301. The van der Waals surface area contributed by atoms with Crippen LogP contribution in [-0.2, 0) is 10.0 Å². The normalized spacial score (nSPS) is 11.1. The lowest BCUT2D eigenvalue weighted by Crippen LogP contribution is -2.30. The molecule has 0 aliphatic rings. The predicted molar refractivity (Wildman–Crippen MR) is 117 cm³/mol. The first-order valence-electron chi connectivity index (χ1n) is 9.08. The summed E-state index contributed by atoms with van der Waals surface area (Å²) in [4.78, 5) is 12.7. The molecule has 3 aromatic carbocycles. The van der Waals surface area contributed by atoms with E-state index in [-0.39, 0.29) is 17.3 Å². The van der Waals surface area contributed by atoms with Gasteiger partial charge in [0.25, 0.3) is 15.9 Å². The Hall–Kier alpha value is -2.83. The highest BCUT2D eigenvalue weighted by atomic mass is 35.5. The summed E-state index contributed by atoms with van der Waals surface area (Å²) >= 11 is 6.09. The smallest absolute Gasteiger partial charge is 0.264 e. The molecule has 3 rings (SSSR count). The van der Waals surface area contributed by atoms with E-state index in [0.717, 1.165) is 5.56 Å². The molecule has 0 fully saturated rings. The lowest BCUT2D eigenvalue weighted by Gasteiger charge is -2.23. The van der Waals surface area contributed by atoms with Crippen LogP contribution >= 0.6 is 11.6 Å². The quantitative estimate of drug-likeness (QED) is 0.592. The molecule has 0 aliphatic heterocycles. The molecule has 0 bridgehead atoms. The van der Waals surface area contributed by atoms with E-state index in [4.69, 9.17) is 11.6 Å². The lowest BCUT2D eigenvalue weighted by molar-refractivity contribution is 0.102. The number of sulfonamides is 1. The molecule has 0 heterocycles. The van der Waals surface area contributed by atoms with Crippen molar-refractivity contribution in [3.05, 3.63) is 88.9 Å². The number of carbonyl (C=O) groups excluding carboxylic acids is 1. The van der Waals surface area contributed by atoms with Crippen molar-refractivity contribution in [2.24, 2.45) is 0 Å². The fraction of sp³-hybridized carbons (Fsp3) is 0.136. The molecule has 29 heavy (non-hydrogen) atoms. The number of aryl methyl sites for hydroxylation is 1. The average molecular weight is 429 g/mol. The third-order valence-corrected chi connectivity index (χ3v) is 6.79. The van der Waals surface area contributed by atoms with E-state index >= 15 is 0 Å². The summed E-state index contributed by atoms with van der Waals surface area (Å²) in [7, 11) is -3.68. The maximum atomic E-state index is 12.9. The van der Waals surface area contributed by atoms with E-state index in [1.165, 1.54) is 4.31 Å². The summed E-state index contributed by atoms with van der Waals surface area (Å²) in [6.07, 6.45) is 0. The zero-order valence-corrected chi connectivity index (χ0v) is 17.7. The Morgan fingerprint density at radius 3 is 2.24 bits per heavy atom. The van der Waals surface area contributed by atoms with Crippen molar-refractivity contribution in [2.75, 3.05) is 16.2 Å². The molecule has 0 saturated carbocycles. The van der Waals surface area contributed by atoms with Crippen LogP contribution < -0.4 is 9.62 Å². The number of carbonyl (C=O) groups is 1. The standard InChI is InChI=1S/C22H21ClN2O3S/c1-3-25(29(27,28)20-7-5-4-6-8-20)19-13-10-17(11-14-19)22(26)24-18-12-9-16(2)21(23)15-18/h4-15H,3H2,1-2H3,(H,24,26). The second-order valence-electron chi connectivity index (χ2n) is 6.45. The summed E-state index contributed by atoms with van der Waals surface area (Å²) in [6, 6.07) is 20.0. The Morgan fingerprint density at radius 1 is 1.00 bits per heavy atom. The van der Waals surface area contributed by atoms with Crippen LogP contribution in [0.3, 0.4) is 0 Å². The molecular formula is C22H21ClN2O3S. The van der Waals surface area contributed by atoms with E-state index in [2.05, 4.69) is 5.32 Å². The third kappa shape index (κ3) is 4.60. The van der Waals surface area contributed by atoms with Gasteiger partial charge in [0, 0.05) is 22.8 Å². The second-order valence-corrected chi connectivity index (χ2v) is 8.72. The van der Waals surface area contributed by atoms with E-state index < -0.39 is 10.0 Å². The Bertz CT molecular complexity index is 1110. The van der Waals surface area contributed by atoms with Crippen LogP contribution in [0.5, 0.6) is 0 Å². The van der Waals surface area contributed by atoms with Crippen molar-refractivity contribution in [1.29, 1.82) is 0 Å². The maximum Gasteiger partial charge on any atom is 0.264 e. The highest BCUT2D eigenvalue weighted by molar-refractivity contribution is 7.92. The first kappa shape index (κ1) is 20.9. The molecule has 0 aromatic heterocycles. The molecule has 0 atom stereocenters. The van der Waals surface area contributed by atoms with E-state index in [9.17, 15) is 13.2 Å². The van der Waals surface area contributed by atoms with E-state index in [1.807, 2.05) is 13.0 Å². The fourth-order valence-corrected chi connectivity index (χ4v) is 4.54. The Labute approximate surface area is 176 Å². The number of amides is 1. The van der Waals surface area contributed by atoms with Gasteiger partial charge >= 0.3 is 0 Å². The molecule has 7 heteroatoms. The minimum atomic E-state index is -3.68. The minimum absolute atomic E-state index is 0.222. The number of benzene rings is 3. The largest absolute Gasteiger partial charge is 0.322 e. The Balaban J connectivity index is 1.81. The second kappa shape index (κ2) is 8.68. The molecule has 5 nitrogen and oxygen atoms in total. The van der Waals surface area contributed by atoms with Gasteiger partial charge in [0.15, 0.2) is 0 Å². The van der Waals surface area contributed by atoms with Crippen LogP contribution in [0.25, 0.3) is 0 Å². The Morgan fingerprint density at radius 2 is 1.66 bits per heavy atom. The minimum Gasteiger partial charge on any atom is -0.322 e. The van der Waals surface area contributed by atoms with Gasteiger partial charge in [0.2, 0.25) is 0 Å². The highest BCUT2D eigenvalue weighted by Gasteiger charge is 2.23. The number of anilines is 2. The SMILES string of the molecule is CCN(c1ccc(C(=O)Nc2ccc(C)c(Cl)c2)cc1)S(=O)(=O)c1ccccc1. The zero-order chi connectivity index (χ0) is 21.0. The lowest BCUT2D eigenvalue weighted by atomic mass is 10.1. The molecule has 1 N–H and O–H groups in total. The van der Waals surface area contributed by atoms with Crippen LogP contribution in [0.2, 0.25) is 5.02 Å². The van der Waals surface area contributed by atoms with Crippen LogP contribution in [0, 0.1) is 6.92 Å². The number of nitrogens with one attached hydrogen (secondary N) is 1. The van der Waals surface area contributed by atoms with Gasteiger partial charge in [0.1, 0.15) is 0 Å². The van der Waals surface area contributed by atoms with Crippen LogP contribution in [0.1, 0.15) is 22.8 Å². The van der Waals surface area contributed by atoms with E-state index in [0.29, 0.717) is 22.0 Å². The van der Waals surface area contributed by atoms with Gasteiger partial charge in [-0.15, -0.1) is 0 Å². The number of nitrogens with zero attached hydrogens (tertiary/aromatic N) is 1.